The van der Waals surface area contributed by atoms with E-state index in [1.165, 1.54) is 0 Å². The van der Waals surface area contributed by atoms with Gasteiger partial charge in [0.2, 0.25) is 0 Å². The molecule has 0 radical (unpaired) electrons. The van der Waals surface area contributed by atoms with E-state index in [0.29, 0.717) is 5.56 Å². The molecule has 0 atom stereocenters. The van der Waals surface area contributed by atoms with Crippen LogP contribution in [0.1, 0.15) is 11.1 Å². The molecule has 6 nitrogen and oxygen atoms in total. The molecule has 0 saturated carbocycles. The molecule has 3 aromatic heterocycles. The molecule has 2 aromatic carbocycles. The molecule has 1 N–H and O–H groups in total. The molecule has 0 aliphatic heterocycles. The van der Waals surface area contributed by atoms with E-state index in [1.54, 1.807) is 24.7 Å². The SMILES string of the molecule is Cc1ccc2nc(-c3ccc(-n4ccnc4)cc3)c(Nc3ccc(C#N)cc3)n2c1. The lowest BCUT2D eigenvalue weighted by Crippen LogP contribution is -1.98. The van der Waals surface area contributed by atoms with E-state index in [0.717, 1.165) is 39.7 Å². The number of nitrogens with zero attached hydrogens (tertiary/aromatic N) is 5. The Hall–Kier alpha value is -4.37. The molecule has 0 bridgehead atoms. The van der Waals surface area contributed by atoms with Crippen LogP contribution in [-0.2, 0) is 0 Å². The van der Waals surface area contributed by atoms with Crippen molar-refractivity contribution in [1.82, 2.24) is 18.9 Å². The van der Waals surface area contributed by atoms with Gasteiger partial charge in [-0.2, -0.15) is 5.26 Å². The number of fused-ring (bicyclic) bond motifs is 1. The zero-order valence-corrected chi connectivity index (χ0v) is 16.3. The summed E-state index contributed by atoms with van der Waals surface area (Å²) in [6.45, 7) is 2.06. The van der Waals surface area contributed by atoms with Crippen LogP contribution in [0.3, 0.4) is 0 Å². The van der Waals surface area contributed by atoms with Crippen LogP contribution in [0.2, 0.25) is 0 Å². The van der Waals surface area contributed by atoms with E-state index in [9.17, 15) is 0 Å². The van der Waals surface area contributed by atoms with Gasteiger partial charge in [0.25, 0.3) is 0 Å². The Kier molecular flexibility index (Phi) is 4.26. The first-order chi connectivity index (χ1) is 14.7. The fraction of sp³-hybridized carbons (Fsp3) is 0.0417. The number of nitrogens with one attached hydrogen (secondary N) is 1. The third-order valence-corrected chi connectivity index (χ3v) is 4.99. The summed E-state index contributed by atoms with van der Waals surface area (Å²) in [5.74, 6) is 0.883. The molecular formula is C24H18N6. The largest absolute Gasteiger partial charge is 0.339 e. The van der Waals surface area contributed by atoms with Gasteiger partial charge >= 0.3 is 0 Å². The van der Waals surface area contributed by atoms with E-state index >= 15 is 0 Å². The van der Waals surface area contributed by atoms with Crippen LogP contribution in [0.4, 0.5) is 11.5 Å². The number of imidazole rings is 2. The summed E-state index contributed by atoms with van der Waals surface area (Å²) in [5, 5.41) is 12.5. The van der Waals surface area contributed by atoms with E-state index in [2.05, 4.69) is 64.2 Å². The molecule has 144 valence electrons. The van der Waals surface area contributed by atoms with Crippen LogP contribution in [0, 0.1) is 18.3 Å². The van der Waals surface area contributed by atoms with Gasteiger partial charge in [-0.1, -0.05) is 18.2 Å². The van der Waals surface area contributed by atoms with E-state index in [-0.39, 0.29) is 0 Å². The number of pyridine rings is 1. The summed E-state index contributed by atoms with van der Waals surface area (Å²) in [6, 6.07) is 21.9. The van der Waals surface area contributed by atoms with Gasteiger partial charge in [-0.25, -0.2) is 9.97 Å². The standard InChI is InChI=1S/C24H18N6/c1-17-2-11-22-28-23(19-5-9-21(10-6-19)29-13-12-26-16-29)24(30(22)15-17)27-20-7-3-18(14-25)4-8-20/h2-13,15-16,27H,1H3. The molecule has 0 amide bonds. The van der Waals surface area contributed by atoms with Gasteiger partial charge in [0, 0.05) is 35.5 Å². The van der Waals surface area contributed by atoms with Gasteiger partial charge in [0.15, 0.2) is 0 Å². The minimum Gasteiger partial charge on any atom is -0.339 e. The Balaban J connectivity index is 1.60. The molecule has 0 spiro atoms. The Morgan fingerprint density at radius 2 is 1.77 bits per heavy atom. The summed E-state index contributed by atoms with van der Waals surface area (Å²) in [4.78, 5) is 8.98. The molecule has 3 heterocycles. The number of nitriles is 1. The van der Waals surface area contributed by atoms with Crippen LogP contribution >= 0.6 is 0 Å². The Morgan fingerprint density at radius 1 is 0.967 bits per heavy atom. The van der Waals surface area contributed by atoms with E-state index in [4.69, 9.17) is 10.2 Å². The fourth-order valence-corrected chi connectivity index (χ4v) is 3.44. The van der Waals surface area contributed by atoms with Crippen molar-refractivity contribution >= 4 is 17.2 Å². The van der Waals surface area contributed by atoms with Crippen LogP contribution in [0.5, 0.6) is 0 Å². The molecule has 0 unspecified atom stereocenters. The second-order valence-electron chi connectivity index (χ2n) is 7.07. The highest BCUT2D eigenvalue weighted by Crippen LogP contribution is 2.32. The Labute approximate surface area is 173 Å². The van der Waals surface area contributed by atoms with Gasteiger partial charge < -0.3 is 9.88 Å². The molecule has 0 saturated heterocycles. The third-order valence-electron chi connectivity index (χ3n) is 4.99. The second-order valence-corrected chi connectivity index (χ2v) is 7.07. The first kappa shape index (κ1) is 17.7. The third kappa shape index (κ3) is 3.19. The fourth-order valence-electron chi connectivity index (χ4n) is 3.44. The zero-order chi connectivity index (χ0) is 20.5. The molecule has 0 aliphatic carbocycles. The van der Waals surface area contributed by atoms with Crippen molar-refractivity contribution in [1.29, 1.82) is 5.26 Å². The van der Waals surface area contributed by atoms with Crippen LogP contribution < -0.4 is 5.32 Å². The summed E-state index contributed by atoms with van der Waals surface area (Å²) >= 11 is 0. The van der Waals surface area contributed by atoms with Crippen LogP contribution in [0.15, 0.2) is 85.6 Å². The normalized spacial score (nSPS) is 10.8. The summed E-state index contributed by atoms with van der Waals surface area (Å²) < 4.78 is 4.03. The molecule has 0 aliphatic rings. The first-order valence-electron chi connectivity index (χ1n) is 9.56. The summed E-state index contributed by atoms with van der Waals surface area (Å²) in [7, 11) is 0. The van der Waals surface area contributed by atoms with Gasteiger partial charge in [0.05, 0.1) is 18.0 Å². The topological polar surface area (TPSA) is 70.9 Å². The number of hydrogen-bond donors (Lipinski definition) is 1. The Bertz CT molecular complexity index is 1350. The van der Waals surface area contributed by atoms with Crippen LogP contribution in [0.25, 0.3) is 22.6 Å². The van der Waals surface area contributed by atoms with E-state index < -0.39 is 0 Å². The first-order valence-corrected chi connectivity index (χ1v) is 9.56. The number of aryl methyl sites for hydroxylation is 1. The van der Waals surface area contributed by atoms with Crippen molar-refractivity contribution in [3.8, 4) is 23.0 Å². The highest BCUT2D eigenvalue weighted by atomic mass is 15.1. The Morgan fingerprint density at radius 3 is 2.47 bits per heavy atom. The maximum Gasteiger partial charge on any atom is 0.143 e. The summed E-state index contributed by atoms with van der Waals surface area (Å²) in [5.41, 5.74) is 6.45. The quantitative estimate of drug-likeness (QED) is 0.463. The van der Waals surface area contributed by atoms with Crippen molar-refractivity contribution in [3.05, 3.63) is 96.7 Å². The molecule has 0 fully saturated rings. The average molecular weight is 390 g/mol. The maximum absolute atomic E-state index is 9.05. The number of hydrogen-bond acceptors (Lipinski definition) is 4. The smallest absolute Gasteiger partial charge is 0.143 e. The number of benzene rings is 2. The predicted molar refractivity (Wildman–Crippen MR) is 117 cm³/mol. The van der Waals surface area contributed by atoms with Crippen molar-refractivity contribution in [2.45, 2.75) is 6.92 Å². The molecule has 30 heavy (non-hydrogen) atoms. The predicted octanol–water partition coefficient (Wildman–Crippen LogP) is 5.11. The average Bonchev–Trinajstić information content (AvgIpc) is 3.43. The molecular weight excluding hydrogens is 372 g/mol. The minimum absolute atomic E-state index is 0.629. The highest BCUT2D eigenvalue weighted by molar-refractivity contribution is 5.80. The zero-order valence-electron chi connectivity index (χ0n) is 16.3. The second kappa shape index (κ2) is 7.22. The van der Waals surface area contributed by atoms with Crippen LogP contribution in [-0.4, -0.2) is 18.9 Å². The number of rotatable bonds is 4. The van der Waals surface area contributed by atoms with Crippen molar-refractivity contribution in [2.24, 2.45) is 0 Å². The molecule has 5 aromatic rings. The molecule has 5 rings (SSSR count). The van der Waals surface area contributed by atoms with E-state index in [1.807, 2.05) is 29.0 Å². The lowest BCUT2D eigenvalue weighted by Gasteiger charge is -2.10. The lowest BCUT2D eigenvalue weighted by atomic mass is 10.1. The van der Waals surface area contributed by atoms with Crippen molar-refractivity contribution < 1.29 is 0 Å². The van der Waals surface area contributed by atoms with Gasteiger partial charge in [-0.15, -0.1) is 0 Å². The number of anilines is 2. The number of aromatic nitrogens is 4. The maximum atomic E-state index is 9.05. The minimum atomic E-state index is 0.629. The van der Waals surface area contributed by atoms with Crippen molar-refractivity contribution in [2.75, 3.05) is 5.32 Å². The van der Waals surface area contributed by atoms with Gasteiger partial charge in [-0.05, 0) is 55.0 Å². The van der Waals surface area contributed by atoms with Gasteiger partial charge in [0.1, 0.15) is 17.2 Å². The van der Waals surface area contributed by atoms with Crippen molar-refractivity contribution in [3.63, 3.8) is 0 Å². The van der Waals surface area contributed by atoms with Gasteiger partial charge in [-0.3, -0.25) is 4.40 Å². The monoisotopic (exact) mass is 390 g/mol. The highest BCUT2D eigenvalue weighted by Gasteiger charge is 2.15. The summed E-state index contributed by atoms with van der Waals surface area (Å²) in [6.07, 6.45) is 7.52. The molecule has 6 heteroatoms. The lowest BCUT2D eigenvalue weighted by molar-refractivity contribution is 1.06.